The number of ether oxygens (including phenoxy) is 1. The molecular formula is C25H32FN3O4. The van der Waals surface area contributed by atoms with Crippen molar-refractivity contribution < 1.29 is 18.7 Å². The van der Waals surface area contributed by atoms with Gasteiger partial charge in [0.05, 0.1) is 0 Å². The number of rotatable bonds is 2. The highest BCUT2D eigenvalue weighted by Gasteiger charge is 2.39. The molecule has 1 unspecified atom stereocenters. The fourth-order valence-corrected chi connectivity index (χ4v) is 3.99. The molecule has 1 aromatic heterocycles. The average Bonchev–Trinajstić information content (AvgIpc) is 2.67. The molecule has 0 spiro atoms. The Labute approximate surface area is 193 Å². The molecule has 33 heavy (non-hydrogen) atoms. The molecule has 1 aromatic carbocycles. The number of benzene rings is 1. The van der Waals surface area contributed by atoms with Crippen LogP contribution in [-0.4, -0.2) is 33.6 Å². The standard InChI is InChI=1S/C25H32FN3O4/c1-24(2,3)17-10-8-15(14-18(17)26)27-22(31)21-16-9-11-20(30)28(7)19(16)12-13-29(21)23(32)33-25(4,5)6/h8-11,14,21H,12-13H2,1-7H3,(H,27,31). The molecule has 178 valence electrons. The zero-order valence-electron chi connectivity index (χ0n) is 20.3. The molecule has 7 nitrogen and oxygen atoms in total. The van der Waals surface area contributed by atoms with Crippen LogP contribution in [0.3, 0.4) is 0 Å². The quantitative estimate of drug-likeness (QED) is 0.729. The number of carbonyl (C=O) groups is 2. The van der Waals surface area contributed by atoms with Crippen LogP contribution in [0.2, 0.25) is 0 Å². The largest absolute Gasteiger partial charge is 0.444 e. The van der Waals surface area contributed by atoms with Crippen LogP contribution in [0.15, 0.2) is 35.1 Å². The minimum Gasteiger partial charge on any atom is -0.444 e. The molecule has 0 aliphatic carbocycles. The van der Waals surface area contributed by atoms with Crippen LogP contribution in [0, 0.1) is 5.82 Å². The zero-order chi connectivity index (χ0) is 24.7. The van der Waals surface area contributed by atoms with E-state index in [-0.39, 0.29) is 23.2 Å². The van der Waals surface area contributed by atoms with E-state index in [2.05, 4.69) is 5.32 Å². The average molecular weight is 458 g/mol. The summed E-state index contributed by atoms with van der Waals surface area (Å²) in [7, 11) is 1.64. The lowest BCUT2D eigenvalue weighted by Crippen LogP contribution is -2.48. The molecule has 1 atom stereocenters. The second-order valence-corrected chi connectivity index (χ2v) is 10.4. The summed E-state index contributed by atoms with van der Waals surface area (Å²) in [6, 6.07) is 6.48. The molecule has 8 heteroatoms. The first-order chi connectivity index (χ1) is 15.2. The molecule has 2 aromatic rings. The molecule has 0 fully saturated rings. The molecule has 1 N–H and O–H groups in total. The third-order valence-corrected chi connectivity index (χ3v) is 5.59. The summed E-state index contributed by atoms with van der Waals surface area (Å²) in [5.74, 6) is -0.931. The van der Waals surface area contributed by atoms with Crippen molar-refractivity contribution in [3.63, 3.8) is 0 Å². The highest BCUT2D eigenvalue weighted by atomic mass is 19.1. The van der Waals surface area contributed by atoms with Crippen molar-refractivity contribution in [2.45, 2.75) is 65.0 Å². The van der Waals surface area contributed by atoms with Gasteiger partial charge >= 0.3 is 6.09 Å². The highest BCUT2D eigenvalue weighted by Crippen LogP contribution is 2.32. The molecule has 2 heterocycles. The van der Waals surface area contributed by atoms with E-state index < -0.39 is 29.5 Å². The summed E-state index contributed by atoms with van der Waals surface area (Å²) in [5.41, 5.74) is 0.718. The summed E-state index contributed by atoms with van der Waals surface area (Å²) in [4.78, 5) is 39.9. The van der Waals surface area contributed by atoms with E-state index in [4.69, 9.17) is 4.74 Å². The van der Waals surface area contributed by atoms with Gasteiger partial charge in [-0.1, -0.05) is 26.8 Å². The smallest absolute Gasteiger partial charge is 0.411 e. The SMILES string of the molecule is Cn1c2c(ccc1=O)C(C(=O)Nc1ccc(C(C)(C)C)c(F)c1)N(C(=O)OC(C)(C)C)CC2. The fraction of sp³-hybridized carbons (Fsp3) is 0.480. The van der Waals surface area contributed by atoms with Gasteiger partial charge in [0.25, 0.3) is 5.91 Å². The van der Waals surface area contributed by atoms with Gasteiger partial charge in [-0.05, 0) is 49.9 Å². The number of pyridine rings is 1. The van der Waals surface area contributed by atoms with Crippen molar-refractivity contribution in [1.29, 1.82) is 0 Å². The van der Waals surface area contributed by atoms with E-state index in [0.29, 0.717) is 23.2 Å². The van der Waals surface area contributed by atoms with E-state index in [0.717, 1.165) is 0 Å². The fourth-order valence-electron chi connectivity index (χ4n) is 3.99. The number of carbonyl (C=O) groups excluding carboxylic acids is 2. The summed E-state index contributed by atoms with van der Waals surface area (Å²) >= 11 is 0. The minimum absolute atomic E-state index is 0.196. The van der Waals surface area contributed by atoms with E-state index in [9.17, 15) is 18.8 Å². The molecule has 3 rings (SSSR count). The Balaban J connectivity index is 1.99. The van der Waals surface area contributed by atoms with Crippen molar-refractivity contribution in [3.8, 4) is 0 Å². The monoisotopic (exact) mass is 457 g/mol. The van der Waals surface area contributed by atoms with Crippen LogP contribution in [0.4, 0.5) is 14.9 Å². The Bertz CT molecular complexity index is 1140. The third kappa shape index (κ3) is 5.26. The van der Waals surface area contributed by atoms with Gasteiger partial charge in [0, 0.05) is 43.0 Å². The Morgan fingerprint density at radius 1 is 1.09 bits per heavy atom. The number of hydrogen-bond donors (Lipinski definition) is 1. The lowest BCUT2D eigenvalue weighted by Gasteiger charge is -2.37. The van der Waals surface area contributed by atoms with Crippen molar-refractivity contribution in [2.75, 3.05) is 11.9 Å². The molecule has 1 aliphatic heterocycles. The van der Waals surface area contributed by atoms with Crippen LogP contribution < -0.4 is 10.9 Å². The number of nitrogens with one attached hydrogen (secondary N) is 1. The van der Waals surface area contributed by atoms with Gasteiger partial charge < -0.3 is 14.6 Å². The van der Waals surface area contributed by atoms with Gasteiger partial charge in [0.2, 0.25) is 5.56 Å². The highest BCUT2D eigenvalue weighted by molar-refractivity contribution is 5.97. The van der Waals surface area contributed by atoms with Gasteiger partial charge in [-0.25, -0.2) is 9.18 Å². The molecule has 0 radical (unpaired) electrons. The maximum Gasteiger partial charge on any atom is 0.411 e. The Morgan fingerprint density at radius 3 is 2.33 bits per heavy atom. The normalized spacial score (nSPS) is 16.2. The summed E-state index contributed by atoms with van der Waals surface area (Å²) < 4.78 is 21.7. The maximum atomic E-state index is 14.7. The summed E-state index contributed by atoms with van der Waals surface area (Å²) in [6.07, 6.45) is -0.226. The number of aromatic nitrogens is 1. The van der Waals surface area contributed by atoms with Gasteiger partial charge in [-0.2, -0.15) is 0 Å². The molecule has 2 amide bonds. The number of nitrogens with zero attached hydrogens (tertiary/aromatic N) is 2. The van der Waals surface area contributed by atoms with E-state index in [1.807, 2.05) is 20.8 Å². The van der Waals surface area contributed by atoms with Crippen molar-refractivity contribution in [2.24, 2.45) is 7.05 Å². The van der Waals surface area contributed by atoms with E-state index >= 15 is 0 Å². The van der Waals surface area contributed by atoms with Crippen molar-refractivity contribution in [1.82, 2.24) is 9.47 Å². The first-order valence-electron chi connectivity index (χ1n) is 11.0. The number of anilines is 1. The van der Waals surface area contributed by atoms with Gasteiger partial charge in [0.15, 0.2) is 0 Å². The first kappa shape index (κ1) is 24.5. The van der Waals surface area contributed by atoms with Crippen LogP contribution in [0.1, 0.15) is 64.4 Å². The van der Waals surface area contributed by atoms with Crippen molar-refractivity contribution in [3.05, 3.63) is 63.3 Å². The molecule has 0 saturated carbocycles. The maximum absolute atomic E-state index is 14.7. The second-order valence-electron chi connectivity index (χ2n) is 10.4. The lowest BCUT2D eigenvalue weighted by molar-refractivity contribution is -0.122. The van der Waals surface area contributed by atoms with Gasteiger partial charge in [-0.15, -0.1) is 0 Å². The number of fused-ring (bicyclic) bond motifs is 1. The molecule has 0 saturated heterocycles. The lowest BCUT2D eigenvalue weighted by atomic mass is 9.86. The number of halogens is 1. The minimum atomic E-state index is -1.03. The van der Waals surface area contributed by atoms with Crippen molar-refractivity contribution >= 4 is 17.7 Å². The third-order valence-electron chi connectivity index (χ3n) is 5.59. The molecule has 1 aliphatic rings. The van der Waals surface area contributed by atoms with Crippen LogP contribution in [-0.2, 0) is 28.4 Å². The molecule has 0 bridgehead atoms. The predicted molar refractivity (Wildman–Crippen MR) is 125 cm³/mol. The Morgan fingerprint density at radius 2 is 1.76 bits per heavy atom. The number of hydrogen-bond acceptors (Lipinski definition) is 4. The zero-order valence-corrected chi connectivity index (χ0v) is 20.3. The topological polar surface area (TPSA) is 80.6 Å². The first-order valence-corrected chi connectivity index (χ1v) is 11.0. The Kier molecular flexibility index (Phi) is 6.42. The van der Waals surface area contributed by atoms with Crippen LogP contribution in [0.5, 0.6) is 0 Å². The van der Waals surface area contributed by atoms with Crippen LogP contribution >= 0.6 is 0 Å². The summed E-state index contributed by atoms with van der Waals surface area (Å²) in [6.45, 7) is 11.2. The van der Waals surface area contributed by atoms with E-state index in [1.165, 1.54) is 21.6 Å². The predicted octanol–water partition coefficient (Wildman–Crippen LogP) is 4.29. The summed E-state index contributed by atoms with van der Waals surface area (Å²) in [5, 5.41) is 2.74. The van der Waals surface area contributed by atoms with Crippen LogP contribution in [0.25, 0.3) is 0 Å². The van der Waals surface area contributed by atoms with Gasteiger partial charge in [-0.3, -0.25) is 14.5 Å². The van der Waals surface area contributed by atoms with Gasteiger partial charge in [0.1, 0.15) is 17.5 Å². The second kappa shape index (κ2) is 8.65. The number of amides is 2. The molecular weight excluding hydrogens is 425 g/mol. The Hall–Kier alpha value is -3.16. The van der Waals surface area contributed by atoms with E-state index in [1.54, 1.807) is 46.0 Å².